The maximum absolute atomic E-state index is 13.1. The number of nitrogens with zero attached hydrogens (tertiary/aromatic N) is 1. The molecule has 3 amide bonds. The van der Waals surface area contributed by atoms with Crippen molar-refractivity contribution in [2.45, 2.75) is 25.3 Å². The van der Waals surface area contributed by atoms with Crippen molar-refractivity contribution in [1.29, 1.82) is 0 Å². The summed E-state index contributed by atoms with van der Waals surface area (Å²) in [5.41, 5.74) is 0.938. The third-order valence-electron chi connectivity index (χ3n) is 5.93. The van der Waals surface area contributed by atoms with Gasteiger partial charge in [-0.25, -0.2) is 0 Å². The fraction of sp³-hybridized carbons (Fsp3) is 0.450. The predicted molar refractivity (Wildman–Crippen MR) is 92.2 cm³/mol. The summed E-state index contributed by atoms with van der Waals surface area (Å²) in [5, 5.41) is 2.62. The van der Waals surface area contributed by atoms with Crippen LogP contribution in [0.5, 0.6) is 0 Å². The van der Waals surface area contributed by atoms with Gasteiger partial charge in [-0.05, 0) is 30.2 Å². The number of hydrogen-bond acceptors (Lipinski definition) is 3. The molecule has 1 aliphatic heterocycles. The van der Waals surface area contributed by atoms with Crippen molar-refractivity contribution in [2.24, 2.45) is 23.7 Å². The van der Waals surface area contributed by atoms with E-state index in [1.807, 2.05) is 30.3 Å². The van der Waals surface area contributed by atoms with Crippen molar-refractivity contribution in [1.82, 2.24) is 10.2 Å². The van der Waals surface area contributed by atoms with Crippen LogP contribution in [0.4, 0.5) is 0 Å². The number of carbonyl (C=O) groups excluding carboxylic acids is 3. The Morgan fingerprint density at radius 1 is 1.08 bits per heavy atom. The van der Waals surface area contributed by atoms with Crippen molar-refractivity contribution < 1.29 is 14.4 Å². The van der Waals surface area contributed by atoms with E-state index in [4.69, 9.17) is 0 Å². The highest BCUT2D eigenvalue weighted by Gasteiger charge is 2.58. The normalized spacial score (nSPS) is 31.2. The van der Waals surface area contributed by atoms with Crippen LogP contribution in [-0.2, 0) is 20.8 Å². The van der Waals surface area contributed by atoms with E-state index in [9.17, 15) is 14.4 Å². The standard InChI is InChI=1S/C20H22N2O3/c1-21-18(23)15(11-12-5-3-2-4-6-12)22-19(24)16-13-7-8-14(10-9-13)17(16)20(22)25/h2-8,13-17H,9-11H2,1H3,(H,21,23)/t13-,14-,15-,16+,17+/m0/s1. The van der Waals surface area contributed by atoms with Gasteiger partial charge in [0.25, 0.3) is 0 Å². The minimum Gasteiger partial charge on any atom is -0.357 e. The SMILES string of the molecule is CNC(=O)[C@H](Cc1ccccc1)N1C(=O)[C@H]2[C@H](C1=O)[C@H]1C=C[C@H]2CC1. The highest BCUT2D eigenvalue weighted by atomic mass is 16.2. The van der Waals surface area contributed by atoms with Crippen LogP contribution in [0, 0.1) is 23.7 Å². The van der Waals surface area contributed by atoms with E-state index < -0.39 is 6.04 Å². The molecular formula is C20H22N2O3. The third kappa shape index (κ3) is 2.49. The Hall–Kier alpha value is -2.43. The number of rotatable bonds is 4. The minimum atomic E-state index is -0.780. The van der Waals surface area contributed by atoms with Gasteiger partial charge in [-0.2, -0.15) is 0 Å². The smallest absolute Gasteiger partial charge is 0.243 e. The molecule has 0 unspecified atom stereocenters. The zero-order valence-electron chi connectivity index (χ0n) is 14.2. The van der Waals surface area contributed by atoms with E-state index in [0.717, 1.165) is 18.4 Å². The van der Waals surface area contributed by atoms with Crippen LogP contribution < -0.4 is 5.32 Å². The van der Waals surface area contributed by atoms with Gasteiger partial charge in [0.2, 0.25) is 17.7 Å². The average Bonchev–Trinajstić information content (AvgIpc) is 2.94. The van der Waals surface area contributed by atoms with Crippen LogP contribution in [0.1, 0.15) is 18.4 Å². The Kier molecular flexibility index (Phi) is 3.94. The molecule has 1 saturated heterocycles. The highest BCUT2D eigenvalue weighted by molar-refractivity contribution is 6.09. The Morgan fingerprint density at radius 3 is 2.12 bits per heavy atom. The van der Waals surface area contributed by atoms with Crippen molar-refractivity contribution in [3.05, 3.63) is 48.0 Å². The average molecular weight is 338 g/mol. The van der Waals surface area contributed by atoms with Gasteiger partial charge in [0.15, 0.2) is 0 Å². The molecule has 1 saturated carbocycles. The van der Waals surface area contributed by atoms with E-state index in [2.05, 4.69) is 17.5 Å². The lowest BCUT2D eigenvalue weighted by Crippen LogP contribution is -2.50. The number of hydrogen-bond donors (Lipinski definition) is 1. The van der Waals surface area contributed by atoms with Crippen LogP contribution in [0.3, 0.4) is 0 Å². The number of likely N-dealkylation sites (N-methyl/N-ethyl adjacent to an activating group) is 1. The number of nitrogens with one attached hydrogen (secondary N) is 1. The predicted octanol–water partition coefficient (Wildman–Crippen LogP) is 1.54. The second-order valence-electron chi connectivity index (χ2n) is 7.21. The maximum Gasteiger partial charge on any atom is 0.243 e. The van der Waals surface area contributed by atoms with Crippen molar-refractivity contribution in [3.8, 4) is 0 Å². The quantitative estimate of drug-likeness (QED) is 0.669. The van der Waals surface area contributed by atoms with Crippen molar-refractivity contribution >= 4 is 17.7 Å². The van der Waals surface area contributed by atoms with E-state index >= 15 is 0 Å². The summed E-state index contributed by atoms with van der Waals surface area (Å²) in [4.78, 5) is 39.9. The van der Waals surface area contributed by atoms with Crippen LogP contribution >= 0.6 is 0 Å². The van der Waals surface area contributed by atoms with Gasteiger partial charge >= 0.3 is 0 Å². The van der Waals surface area contributed by atoms with E-state index in [1.54, 1.807) is 7.05 Å². The molecule has 1 heterocycles. The maximum atomic E-state index is 13.1. The molecule has 1 aromatic carbocycles. The fourth-order valence-electron chi connectivity index (χ4n) is 4.71. The van der Waals surface area contributed by atoms with Gasteiger partial charge in [-0.3, -0.25) is 19.3 Å². The number of likely N-dealkylation sites (tertiary alicyclic amines) is 1. The topological polar surface area (TPSA) is 66.5 Å². The number of allylic oxidation sites excluding steroid dienone is 2. The molecular weight excluding hydrogens is 316 g/mol. The van der Waals surface area contributed by atoms with Crippen LogP contribution in [0.2, 0.25) is 0 Å². The summed E-state index contributed by atoms with van der Waals surface area (Å²) in [6, 6.07) is 8.75. The first-order chi connectivity index (χ1) is 12.1. The summed E-state index contributed by atoms with van der Waals surface area (Å²) in [6.07, 6.45) is 6.45. The van der Waals surface area contributed by atoms with Crippen LogP contribution in [0.25, 0.3) is 0 Å². The third-order valence-corrected chi connectivity index (χ3v) is 5.93. The summed E-state index contributed by atoms with van der Waals surface area (Å²) < 4.78 is 0. The Bertz CT molecular complexity index is 711. The van der Waals surface area contributed by atoms with Crippen LogP contribution in [-0.4, -0.2) is 35.7 Å². The molecule has 5 heteroatoms. The second-order valence-corrected chi connectivity index (χ2v) is 7.21. The molecule has 5 nitrogen and oxygen atoms in total. The molecule has 0 radical (unpaired) electrons. The van der Waals surface area contributed by atoms with Gasteiger partial charge in [0, 0.05) is 13.5 Å². The van der Waals surface area contributed by atoms with Crippen molar-refractivity contribution in [2.75, 3.05) is 7.05 Å². The Balaban J connectivity index is 1.67. The fourth-order valence-corrected chi connectivity index (χ4v) is 4.71. The Labute approximate surface area is 147 Å². The van der Waals surface area contributed by atoms with Gasteiger partial charge in [-0.15, -0.1) is 0 Å². The van der Waals surface area contributed by atoms with E-state index in [-0.39, 0.29) is 41.4 Å². The molecule has 4 aliphatic rings. The summed E-state index contributed by atoms with van der Waals surface area (Å²) in [7, 11) is 1.55. The molecule has 1 N–H and O–H groups in total. The molecule has 5 rings (SSSR count). The van der Waals surface area contributed by atoms with Gasteiger partial charge in [-0.1, -0.05) is 42.5 Å². The van der Waals surface area contributed by atoms with E-state index in [1.165, 1.54) is 4.90 Å². The summed E-state index contributed by atoms with van der Waals surface area (Å²) in [6.45, 7) is 0. The van der Waals surface area contributed by atoms with Gasteiger partial charge in [0.05, 0.1) is 11.8 Å². The lowest BCUT2D eigenvalue weighted by atomic mass is 9.63. The van der Waals surface area contributed by atoms with Gasteiger partial charge < -0.3 is 5.32 Å². The molecule has 130 valence electrons. The number of fused-ring (bicyclic) bond motifs is 1. The molecule has 2 bridgehead atoms. The molecule has 2 fully saturated rings. The first-order valence-electron chi connectivity index (χ1n) is 8.92. The molecule has 1 aromatic rings. The molecule has 0 spiro atoms. The minimum absolute atomic E-state index is 0.138. The second kappa shape index (κ2) is 6.14. The number of benzene rings is 1. The molecule has 0 aromatic heterocycles. The number of carbonyl (C=O) groups is 3. The highest BCUT2D eigenvalue weighted by Crippen LogP contribution is 2.50. The number of imide groups is 1. The van der Waals surface area contributed by atoms with Crippen LogP contribution in [0.15, 0.2) is 42.5 Å². The summed E-state index contributed by atoms with van der Waals surface area (Å²) >= 11 is 0. The monoisotopic (exact) mass is 338 g/mol. The largest absolute Gasteiger partial charge is 0.357 e. The van der Waals surface area contributed by atoms with Gasteiger partial charge in [0.1, 0.15) is 6.04 Å². The zero-order valence-corrected chi connectivity index (χ0v) is 14.2. The molecule has 3 aliphatic carbocycles. The molecule has 5 atom stereocenters. The summed E-state index contributed by atoms with van der Waals surface area (Å²) in [5.74, 6) is -0.906. The number of amides is 3. The van der Waals surface area contributed by atoms with E-state index in [0.29, 0.717) is 6.42 Å². The lowest BCUT2D eigenvalue weighted by Gasteiger charge is -2.38. The lowest BCUT2D eigenvalue weighted by molar-refractivity contribution is -0.148. The van der Waals surface area contributed by atoms with Crippen molar-refractivity contribution in [3.63, 3.8) is 0 Å². The zero-order chi connectivity index (χ0) is 17.6. The Morgan fingerprint density at radius 2 is 1.64 bits per heavy atom. The molecule has 25 heavy (non-hydrogen) atoms. The first-order valence-corrected chi connectivity index (χ1v) is 8.92. The first kappa shape index (κ1) is 16.1.